The maximum Gasteiger partial charge on any atom is 0.175 e. The van der Waals surface area contributed by atoms with E-state index in [0.29, 0.717) is 36.3 Å². The van der Waals surface area contributed by atoms with Crippen molar-refractivity contribution in [3.63, 3.8) is 0 Å². The highest BCUT2D eigenvalue weighted by molar-refractivity contribution is 9.09. The van der Waals surface area contributed by atoms with E-state index >= 15 is 0 Å². The zero-order chi connectivity index (χ0) is 18.6. The molecule has 2 aromatic rings. The average molecular weight is 500 g/mol. The molecule has 0 aliphatic carbocycles. The van der Waals surface area contributed by atoms with Crippen molar-refractivity contribution < 1.29 is 8.42 Å². The number of aromatic nitrogens is 8. The SMILES string of the molecule is CC(CCCBr)(c1nnn[nH]1)S(=O)(=O)C(C)(CCCBr)c1nnn[nH]1. The maximum absolute atomic E-state index is 13.8. The van der Waals surface area contributed by atoms with Crippen LogP contribution >= 0.6 is 31.9 Å². The predicted molar refractivity (Wildman–Crippen MR) is 98.0 cm³/mol. The normalized spacial score (nSPS) is 17.1. The second kappa shape index (κ2) is 8.16. The molecule has 0 aliphatic heterocycles. The van der Waals surface area contributed by atoms with Gasteiger partial charge < -0.3 is 0 Å². The Kier molecular flexibility index (Phi) is 6.65. The molecule has 0 saturated carbocycles. The van der Waals surface area contributed by atoms with Crippen molar-refractivity contribution >= 4 is 41.7 Å². The third-order valence-electron chi connectivity index (χ3n) is 4.45. The molecule has 140 valence electrons. The van der Waals surface area contributed by atoms with Gasteiger partial charge in [0.1, 0.15) is 9.49 Å². The molecule has 2 atom stereocenters. The average Bonchev–Trinajstić information content (AvgIpc) is 3.30. The molecule has 2 heterocycles. The van der Waals surface area contributed by atoms with Crippen LogP contribution in [-0.2, 0) is 19.3 Å². The summed E-state index contributed by atoms with van der Waals surface area (Å²) in [5.41, 5.74) is 0. The van der Waals surface area contributed by atoms with Crippen molar-refractivity contribution in [3.8, 4) is 0 Å². The number of nitrogens with zero attached hydrogens (tertiary/aromatic N) is 6. The molecule has 2 N–H and O–H groups in total. The standard InChI is InChI=1S/C12H20Br2N8O2S/c1-11(5-3-7-13,9-15-19-20-16-9)25(23,24)12(2,6-4-8-14)10-17-21-22-18-10/h3-8H2,1-2H3,(H,15,16,19,20)(H,17,18,21,22). The third-order valence-corrected chi connectivity index (χ3v) is 8.74. The smallest absolute Gasteiger partial charge is 0.175 e. The minimum atomic E-state index is -3.84. The van der Waals surface area contributed by atoms with E-state index in [0.717, 1.165) is 0 Å². The van der Waals surface area contributed by atoms with Crippen LogP contribution in [0.3, 0.4) is 0 Å². The first-order chi connectivity index (χ1) is 11.8. The minimum Gasteiger partial charge on any atom is -0.241 e. The van der Waals surface area contributed by atoms with E-state index in [1.807, 2.05) is 0 Å². The molecule has 0 amide bonds. The Morgan fingerprint density at radius 1 is 0.880 bits per heavy atom. The Morgan fingerprint density at radius 2 is 1.28 bits per heavy atom. The molecular formula is C12H20Br2N8O2S. The molecule has 0 spiro atoms. The van der Waals surface area contributed by atoms with Crippen LogP contribution in [0.25, 0.3) is 0 Å². The molecule has 2 unspecified atom stereocenters. The first kappa shape index (κ1) is 20.4. The van der Waals surface area contributed by atoms with Crippen molar-refractivity contribution in [1.82, 2.24) is 41.2 Å². The predicted octanol–water partition coefficient (Wildman–Crippen LogP) is 1.61. The monoisotopic (exact) mass is 498 g/mol. The van der Waals surface area contributed by atoms with Crippen LogP contribution in [0.5, 0.6) is 0 Å². The van der Waals surface area contributed by atoms with Gasteiger partial charge in [0.15, 0.2) is 21.5 Å². The molecule has 2 aromatic heterocycles. The highest BCUT2D eigenvalue weighted by Gasteiger charge is 2.56. The summed E-state index contributed by atoms with van der Waals surface area (Å²) in [5.74, 6) is 0.428. The second-order valence-corrected chi connectivity index (χ2v) is 10.4. The summed E-state index contributed by atoms with van der Waals surface area (Å²) >= 11 is 6.72. The molecule has 2 rings (SSSR count). The molecule has 0 fully saturated rings. The fraction of sp³-hybridized carbons (Fsp3) is 0.833. The topological polar surface area (TPSA) is 143 Å². The van der Waals surface area contributed by atoms with E-state index in [2.05, 4.69) is 73.1 Å². The molecule has 10 nitrogen and oxygen atoms in total. The molecule has 0 bridgehead atoms. The molecule has 13 heteroatoms. The van der Waals surface area contributed by atoms with Crippen LogP contribution in [-0.4, -0.2) is 60.3 Å². The summed E-state index contributed by atoms with van der Waals surface area (Å²) in [6.45, 7) is 3.28. The number of nitrogens with one attached hydrogen (secondary N) is 2. The van der Waals surface area contributed by atoms with E-state index in [9.17, 15) is 8.42 Å². The van der Waals surface area contributed by atoms with Crippen molar-refractivity contribution in [1.29, 1.82) is 0 Å². The van der Waals surface area contributed by atoms with Gasteiger partial charge in [0.05, 0.1) is 0 Å². The molecule has 0 saturated heterocycles. The van der Waals surface area contributed by atoms with Gasteiger partial charge in [0, 0.05) is 10.7 Å². The van der Waals surface area contributed by atoms with Gasteiger partial charge in [-0.3, -0.25) is 0 Å². The van der Waals surface area contributed by atoms with Crippen molar-refractivity contribution in [3.05, 3.63) is 11.6 Å². The Labute approximate surface area is 162 Å². The van der Waals surface area contributed by atoms with Gasteiger partial charge in [0.2, 0.25) is 0 Å². The van der Waals surface area contributed by atoms with Crippen LogP contribution in [0.1, 0.15) is 51.2 Å². The first-order valence-electron chi connectivity index (χ1n) is 7.68. The summed E-state index contributed by atoms with van der Waals surface area (Å²) in [6.07, 6.45) is 1.98. The largest absolute Gasteiger partial charge is 0.241 e. The Balaban J connectivity index is 2.59. The van der Waals surface area contributed by atoms with Crippen molar-refractivity contribution in [2.24, 2.45) is 0 Å². The Hall–Kier alpha value is -0.950. The minimum absolute atomic E-state index is 0.214. The summed E-state index contributed by atoms with van der Waals surface area (Å²) in [4.78, 5) is 0. The van der Waals surface area contributed by atoms with E-state index < -0.39 is 19.3 Å². The van der Waals surface area contributed by atoms with Gasteiger partial charge in [-0.1, -0.05) is 31.9 Å². The van der Waals surface area contributed by atoms with E-state index in [1.165, 1.54) is 0 Å². The van der Waals surface area contributed by atoms with E-state index in [1.54, 1.807) is 13.8 Å². The van der Waals surface area contributed by atoms with Gasteiger partial charge in [-0.25, -0.2) is 18.6 Å². The molecule has 0 aliphatic rings. The lowest BCUT2D eigenvalue weighted by Gasteiger charge is -2.36. The number of alkyl halides is 2. The number of halogens is 2. The van der Waals surface area contributed by atoms with Crippen LogP contribution in [0.2, 0.25) is 0 Å². The molecule has 0 radical (unpaired) electrons. The lowest BCUT2D eigenvalue weighted by Crippen LogP contribution is -2.47. The number of sulfone groups is 1. The number of aromatic amines is 2. The second-order valence-electron chi connectivity index (χ2n) is 6.05. The van der Waals surface area contributed by atoms with E-state index in [-0.39, 0.29) is 11.6 Å². The quantitative estimate of drug-likeness (QED) is 0.469. The van der Waals surface area contributed by atoms with Gasteiger partial charge in [0.25, 0.3) is 0 Å². The van der Waals surface area contributed by atoms with Gasteiger partial charge in [-0.15, -0.1) is 10.2 Å². The zero-order valence-electron chi connectivity index (χ0n) is 13.9. The van der Waals surface area contributed by atoms with Gasteiger partial charge in [-0.05, 0) is 60.4 Å². The van der Waals surface area contributed by atoms with E-state index in [4.69, 9.17) is 0 Å². The molecular weight excluding hydrogens is 480 g/mol. The summed E-state index contributed by atoms with van der Waals surface area (Å²) in [7, 11) is -3.84. The van der Waals surface area contributed by atoms with Gasteiger partial charge >= 0.3 is 0 Å². The number of rotatable bonds is 10. The summed E-state index contributed by atoms with van der Waals surface area (Å²) in [5, 5.41) is 28.7. The fourth-order valence-corrected chi connectivity index (χ4v) is 5.90. The third kappa shape index (κ3) is 3.63. The molecule has 0 aromatic carbocycles. The lowest BCUT2D eigenvalue weighted by molar-refractivity contribution is 0.440. The lowest BCUT2D eigenvalue weighted by atomic mass is 10.0. The van der Waals surface area contributed by atoms with Crippen molar-refractivity contribution in [2.45, 2.75) is 49.0 Å². The molecule has 25 heavy (non-hydrogen) atoms. The van der Waals surface area contributed by atoms with Crippen molar-refractivity contribution in [2.75, 3.05) is 10.7 Å². The van der Waals surface area contributed by atoms with Crippen LogP contribution in [0.15, 0.2) is 0 Å². The highest BCUT2D eigenvalue weighted by Crippen LogP contribution is 2.45. The van der Waals surface area contributed by atoms with Crippen LogP contribution in [0.4, 0.5) is 0 Å². The summed E-state index contributed by atoms with van der Waals surface area (Å²) in [6, 6.07) is 0. The fourth-order valence-electron chi connectivity index (χ4n) is 2.83. The highest BCUT2D eigenvalue weighted by atomic mass is 79.9. The van der Waals surface area contributed by atoms with Crippen LogP contribution < -0.4 is 0 Å². The first-order valence-corrected chi connectivity index (χ1v) is 11.4. The van der Waals surface area contributed by atoms with Gasteiger partial charge in [-0.2, -0.15) is 0 Å². The van der Waals surface area contributed by atoms with Crippen LogP contribution in [0, 0.1) is 0 Å². The maximum atomic E-state index is 13.8. The Morgan fingerprint density at radius 3 is 1.56 bits per heavy atom. The number of hydrogen-bond donors (Lipinski definition) is 2. The number of hydrogen-bond acceptors (Lipinski definition) is 8. The Bertz CT molecular complexity index is 696. The zero-order valence-corrected chi connectivity index (χ0v) is 17.9. The summed E-state index contributed by atoms with van der Waals surface area (Å²) < 4.78 is 25.0. The number of H-pyrrole nitrogens is 2. The number of tetrazole rings is 2.